The van der Waals surface area contributed by atoms with E-state index in [9.17, 15) is 9.50 Å². The van der Waals surface area contributed by atoms with Gasteiger partial charge in [-0.25, -0.2) is 4.39 Å². The van der Waals surface area contributed by atoms with Crippen LogP contribution in [0.2, 0.25) is 0 Å². The summed E-state index contributed by atoms with van der Waals surface area (Å²) < 4.78 is 13.8. The molecule has 90 valence electrons. The maximum Gasteiger partial charge on any atom is 0.124 e. The molecule has 0 radical (unpaired) electrons. The van der Waals surface area contributed by atoms with Crippen LogP contribution in [0.3, 0.4) is 0 Å². The van der Waals surface area contributed by atoms with Crippen molar-refractivity contribution in [3.63, 3.8) is 0 Å². The monoisotopic (exact) mass is 288 g/mol. The molecule has 0 bridgehead atoms. The summed E-state index contributed by atoms with van der Waals surface area (Å²) >= 11 is 3.22. The second-order valence-electron chi connectivity index (χ2n) is 4.07. The second-order valence-corrected chi connectivity index (χ2v) is 4.98. The maximum atomic E-state index is 13.1. The van der Waals surface area contributed by atoms with Gasteiger partial charge in [0.15, 0.2) is 0 Å². The quantitative estimate of drug-likeness (QED) is 0.759. The highest BCUT2D eigenvalue weighted by Crippen LogP contribution is 2.24. The standard InChI is InChI=1S/C13H18BrFO/c1-2-3-4-5-6-13(16)10-7-11(14)9-12(15)8-10/h7-9,13,16H,2-6H2,1H3. The number of aliphatic hydroxyl groups excluding tert-OH is 1. The molecule has 1 nitrogen and oxygen atoms in total. The van der Waals surface area contributed by atoms with E-state index in [-0.39, 0.29) is 5.82 Å². The molecular formula is C13H18BrFO. The summed E-state index contributed by atoms with van der Waals surface area (Å²) in [6.45, 7) is 2.15. The summed E-state index contributed by atoms with van der Waals surface area (Å²) in [5, 5.41) is 9.88. The van der Waals surface area contributed by atoms with E-state index in [0.717, 1.165) is 12.8 Å². The van der Waals surface area contributed by atoms with Gasteiger partial charge in [0.2, 0.25) is 0 Å². The SMILES string of the molecule is CCCCCCC(O)c1cc(F)cc(Br)c1. The van der Waals surface area contributed by atoms with E-state index < -0.39 is 6.10 Å². The van der Waals surface area contributed by atoms with E-state index in [4.69, 9.17) is 0 Å². The van der Waals surface area contributed by atoms with Crippen LogP contribution in [-0.2, 0) is 0 Å². The molecule has 0 spiro atoms. The molecule has 0 aliphatic rings. The van der Waals surface area contributed by atoms with Gasteiger partial charge in [-0.1, -0.05) is 48.5 Å². The smallest absolute Gasteiger partial charge is 0.124 e. The lowest BCUT2D eigenvalue weighted by molar-refractivity contribution is 0.163. The lowest BCUT2D eigenvalue weighted by atomic mass is 10.0. The van der Waals surface area contributed by atoms with Crippen LogP contribution in [0.5, 0.6) is 0 Å². The first-order valence-electron chi connectivity index (χ1n) is 5.77. The molecule has 1 atom stereocenters. The van der Waals surface area contributed by atoms with E-state index in [1.54, 1.807) is 6.07 Å². The third kappa shape index (κ3) is 4.62. The average Bonchev–Trinajstić information content (AvgIpc) is 2.22. The number of halogens is 2. The molecule has 0 heterocycles. The summed E-state index contributed by atoms with van der Waals surface area (Å²) in [6.07, 6.45) is 4.65. The molecule has 16 heavy (non-hydrogen) atoms. The van der Waals surface area contributed by atoms with Gasteiger partial charge in [0, 0.05) is 4.47 Å². The molecule has 0 aliphatic carbocycles. The number of rotatable bonds is 6. The van der Waals surface area contributed by atoms with Gasteiger partial charge in [-0.2, -0.15) is 0 Å². The Hall–Kier alpha value is -0.410. The van der Waals surface area contributed by atoms with Crippen LogP contribution in [0.25, 0.3) is 0 Å². The van der Waals surface area contributed by atoms with E-state index in [1.165, 1.54) is 25.0 Å². The Bertz CT molecular complexity index is 307. The zero-order valence-corrected chi connectivity index (χ0v) is 11.1. The fraction of sp³-hybridized carbons (Fsp3) is 0.538. The Morgan fingerprint density at radius 2 is 2.00 bits per heavy atom. The molecule has 1 aromatic carbocycles. The molecule has 1 unspecified atom stereocenters. The van der Waals surface area contributed by atoms with Crippen LogP contribution in [-0.4, -0.2) is 5.11 Å². The van der Waals surface area contributed by atoms with Crippen molar-refractivity contribution in [2.24, 2.45) is 0 Å². The highest BCUT2D eigenvalue weighted by atomic mass is 79.9. The fourth-order valence-electron chi connectivity index (χ4n) is 1.70. The first-order chi connectivity index (χ1) is 7.63. The van der Waals surface area contributed by atoms with Crippen molar-refractivity contribution in [2.75, 3.05) is 0 Å². The fourth-order valence-corrected chi connectivity index (χ4v) is 2.18. The summed E-state index contributed by atoms with van der Waals surface area (Å²) in [6, 6.07) is 4.57. The van der Waals surface area contributed by atoms with E-state index in [2.05, 4.69) is 22.9 Å². The minimum atomic E-state index is -0.552. The predicted octanol–water partition coefficient (Wildman–Crippen LogP) is 4.59. The van der Waals surface area contributed by atoms with Gasteiger partial charge in [0.1, 0.15) is 5.82 Å². The highest BCUT2D eigenvalue weighted by Gasteiger charge is 2.09. The van der Waals surface area contributed by atoms with Crippen LogP contribution in [0.4, 0.5) is 4.39 Å². The summed E-state index contributed by atoms with van der Waals surface area (Å²) in [5.41, 5.74) is 0.656. The van der Waals surface area contributed by atoms with Crippen LogP contribution in [0, 0.1) is 5.82 Å². The average molecular weight is 289 g/mol. The van der Waals surface area contributed by atoms with E-state index >= 15 is 0 Å². The molecule has 0 amide bonds. The number of unbranched alkanes of at least 4 members (excludes halogenated alkanes) is 3. The van der Waals surface area contributed by atoms with Crippen LogP contribution >= 0.6 is 15.9 Å². The minimum Gasteiger partial charge on any atom is -0.388 e. The predicted molar refractivity (Wildman–Crippen MR) is 67.8 cm³/mol. The van der Waals surface area contributed by atoms with E-state index in [0.29, 0.717) is 16.5 Å². The third-order valence-electron chi connectivity index (χ3n) is 2.60. The van der Waals surface area contributed by atoms with Crippen molar-refractivity contribution in [3.05, 3.63) is 34.1 Å². The topological polar surface area (TPSA) is 20.2 Å². The molecule has 0 saturated carbocycles. The Morgan fingerprint density at radius 1 is 1.25 bits per heavy atom. The number of benzene rings is 1. The van der Waals surface area contributed by atoms with Gasteiger partial charge in [0.25, 0.3) is 0 Å². The highest BCUT2D eigenvalue weighted by molar-refractivity contribution is 9.10. The lowest BCUT2D eigenvalue weighted by Gasteiger charge is -2.11. The van der Waals surface area contributed by atoms with Crippen LogP contribution in [0.1, 0.15) is 50.7 Å². The minimum absolute atomic E-state index is 0.308. The normalized spacial score (nSPS) is 12.8. The van der Waals surface area contributed by atoms with Crippen molar-refractivity contribution in [2.45, 2.75) is 45.1 Å². The summed E-state index contributed by atoms with van der Waals surface area (Å²) in [7, 11) is 0. The Kier molecular flexibility index (Phi) is 5.99. The first kappa shape index (κ1) is 13.7. The van der Waals surface area contributed by atoms with Crippen LogP contribution < -0.4 is 0 Å². The van der Waals surface area contributed by atoms with Crippen LogP contribution in [0.15, 0.2) is 22.7 Å². The molecule has 0 aliphatic heterocycles. The molecule has 1 N–H and O–H groups in total. The Labute approximate surface area is 105 Å². The van der Waals surface area contributed by atoms with Gasteiger partial charge in [-0.3, -0.25) is 0 Å². The number of hydrogen-bond donors (Lipinski definition) is 1. The van der Waals surface area contributed by atoms with Crippen molar-refractivity contribution >= 4 is 15.9 Å². The zero-order valence-electron chi connectivity index (χ0n) is 9.55. The number of aliphatic hydroxyl groups is 1. The molecular weight excluding hydrogens is 271 g/mol. The molecule has 3 heteroatoms. The van der Waals surface area contributed by atoms with Crippen molar-refractivity contribution in [1.29, 1.82) is 0 Å². The third-order valence-corrected chi connectivity index (χ3v) is 3.06. The largest absolute Gasteiger partial charge is 0.388 e. The molecule has 1 aromatic rings. The first-order valence-corrected chi connectivity index (χ1v) is 6.57. The molecule has 0 fully saturated rings. The van der Waals surface area contributed by atoms with Gasteiger partial charge in [-0.05, 0) is 30.2 Å². The van der Waals surface area contributed by atoms with Gasteiger partial charge in [0.05, 0.1) is 6.10 Å². The van der Waals surface area contributed by atoms with Crippen molar-refractivity contribution in [1.82, 2.24) is 0 Å². The second kappa shape index (κ2) is 7.02. The maximum absolute atomic E-state index is 13.1. The van der Waals surface area contributed by atoms with Crippen molar-refractivity contribution < 1.29 is 9.50 Å². The van der Waals surface area contributed by atoms with E-state index in [1.807, 2.05) is 0 Å². The molecule has 0 saturated heterocycles. The lowest BCUT2D eigenvalue weighted by Crippen LogP contribution is -1.98. The van der Waals surface area contributed by atoms with Gasteiger partial charge in [-0.15, -0.1) is 0 Å². The summed E-state index contributed by atoms with van der Waals surface area (Å²) in [4.78, 5) is 0. The van der Waals surface area contributed by atoms with Crippen molar-refractivity contribution in [3.8, 4) is 0 Å². The summed E-state index contributed by atoms with van der Waals surface area (Å²) in [5.74, 6) is -0.308. The molecule has 0 aromatic heterocycles. The Balaban J connectivity index is 2.48. The van der Waals surface area contributed by atoms with Gasteiger partial charge >= 0.3 is 0 Å². The Morgan fingerprint density at radius 3 is 2.62 bits per heavy atom. The van der Waals surface area contributed by atoms with Gasteiger partial charge < -0.3 is 5.11 Å². The number of hydrogen-bond acceptors (Lipinski definition) is 1. The zero-order chi connectivity index (χ0) is 12.0. The molecule has 1 rings (SSSR count).